The minimum atomic E-state index is -0.0683. The molecule has 0 aliphatic carbocycles. The molecule has 42 valence electrons. The van der Waals surface area contributed by atoms with Crippen LogP contribution in [0.5, 0.6) is 0 Å². The molecule has 0 spiro atoms. The molecule has 0 bridgehead atoms. The molecular weight excluding hydrogens is 104 g/mol. The summed E-state index contributed by atoms with van der Waals surface area (Å²) in [6.45, 7) is 0. The summed E-state index contributed by atoms with van der Waals surface area (Å²) in [5, 5.41) is 0. The van der Waals surface area contributed by atoms with Crippen molar-refractivity contribution in [3.05, 3.63) is 28.6 Å². The van der Waals surface area contributed by atoms with E-state index in [2.05, 4.69) is 4.98 Å². The van der Waals surface area contributed by atoms with Crippen LogP contribution in [0.3, 0.4) is 0 Å². The van der Waals surface area contributed by atoms with Crippen molar-refractivity contribution in [2.75, 3.05) is 5.73 Å². The maximum atomic E-state index is 10.4. The van der Waals surface area contributed by atoms with Gasteiger partial charge < -0.3 is 10.7 Å². The van der Waals surface area contributed by atoms with Gasteiger partial charge in [-0.1, -0.05) is 0 Å². The number of anilines is 1. The fourth-order valence-corrected chi connectivity index (χ4v) is 0.463. The molecule has 3 N–H and O–H groups in total. The third-order valence-corrected chi connectivity index (χ3v) is 0.795. The average molecular weight is 111 g/mol. The summed E-state index contributed by atoms with van der Waals surface area (Å²) in [6, 6.07) is 2.75. The number of H-pyrrole nitrogens is 1. The Bertz CT molecular complexity index is 232. The summed E-state index contributed by atoms with van der Waals surface area (Å²) in [5.74, 6) is 0.400. The summed E-state index contributed by atoms with van der Waals surface area (Å²) >= 11 is 0. The molecule has 0 unspecified atom stereocenters. The Kier molecular flexibility index (Phi) is 1.04. The molecule has 0 amide bonds. The van der Waals surface area contributed by atoms with E-state index in [1.54, 1.807) is 0 Å². The van der Waals surface area contributed by atoms with E-state index in [1.807, 2.05) is 0 Å². The van der Waals surface area contributed by atoms with Crippen LogP contribution in [0.15, 0.2) is 23.1 Å². The highest BCUT2D eigenvalue weighted by Crippen LogP contribution is 1.83. The summed E-state index contributed by atoms with van der Waals surface area (Å²) < 4.78 is 0. The molecule has 1 heterocycles. The van der Waals surface area contributed by atoms with Gasteiger partial charge in [-0.25, -0.2) is 0 Å². The zero-order chi connectivity index (χ0) is 5.98. The normalized spacial score (nSPS) is 9.00. The molecule has 0 aromatic carbocycles. The van der Waals surface area contributed by atoms with Crippen LogP contribution in [-0.4, -0.2) is 4.98 Å². The minimum absolute atomic E-state index is 0. The zero-order valence-electron chi connectivity index (χ0n) is 5.22. The molecule has 0 saturated carbocycles. The summed E-state index contributed by atoms with van der Waals surface area (Å²) in [5.41, 5.74) is 5.13. The van der Waals surface area contributed by atoms with E-state index < -0.39 is 0 Å². The summed E-state index contributed by atoms with van der Waals surface area (Å²) in [7, 11) is 0. The van der Waals surface area contributed by atoms with Gasteiger partial charge in [-0.2, -0.15) is 0 Å². The number of pyridine rings is 1. The van der Waals surface area contributed by atoms with Crippen molar-refractivity contribution in [3.63, 3.8) is 0 Å². The lowest BCUT2D eigenvalue weighted by atomic mass is 10.5. The van der Waals surface area contributed by atoms with Crippen LogP contribution in [0, 0.1) is 0 Å². The Labute approximate surface area is 47.6 Å². The fraction of sp³-hybridized carbons (Fsp3) is 0. The number of nitrogens with two attached hydrogens (primary N) is 1. The molecule has 0 aliphatic rings. The number of rotatable bonds is 0. The van der Waals surface area contributed by atoms with E-state index in [4.69, 9.17) is 5.73 Å². The number of aromatic amines is 1. The largest absolute Gasteiger partial charge is 1.00 e. The lowest BCUT2D eigenvalue weighted by Gasteiger charge is -1.85. The maximum absolute atomic E-state index is 10.4. The van der Waals surface area contributed by atoms with Crippen molar-refractivity contribution in [1.29, 1.82) is 0 Å². The molecule has 1 rings (SSSR count). The number of nitrogens with one attached hydrogen (secondary N) is 1. The van der Waals surface area contributed by atoms with E-state index in [0.717, 1.165) is 0 Å². The predicted octanol–water partition coefficient (Wildman–Crippen LogP) is 0.0696. The first-order valence-corrected chi connectivity index (χ1v) is 2.23. The molecule has 0 radical (unpaired) electrons. The SMILES string of the molecule is Nc1cc(=O)cc[nH]1.[H+]. The quantitative estimate of drug-likeness (QED) is 0.497. The topological polar surface area (TPSA) is 58.9 Å². The Morgan fingerprint density at radius 2 is 2.50 bits per heavy atom. The monoisotopic (exact) mass is 111 g/mol. The molecule has 0 saturated heterocycles. The van der Waals surface area contributed by atoms with E-state index in [9.17, 15) is 4.79 Å². The average Bonchev–Trinajstić information content (AvgIpc) is 1.64. The molecular formula is C5H7N2O+. The lowest BCUT2D eigenvalue weighted by Crippen LogP contribution is -1.99. The van der Waals surface area contributed by atoms with Crippen LogP contribution in [0.4, 0.5) is 5.82 Å². The highest BCUT2D eigenvalue weighted by molar-refractivity contribution is 5.25. The van der Waals surface area contributed by atoms with Crippen LogP contribution in [0.1, 0.15) is 1.43 Å². The highest BCUT2D eigenvalue weighted by atomic mass is 16.1. The zero-order valence-corrected chi connectivity index (χ0v) is 4.22. The molecule has 3 nitrogen and oxygen atoms in total. The Balaban J connectivity index is 0.000000640. The number of hydrogen-bond acceptors (Lipinski definition) is 2. The van der Waals surface area contributed by atoms with Gasteiger partial charge in [0, 0.05) is 18.3 Å². The Morgan fingerprint density at radius 1 is 1.75 bits per heavy atom. The predicted molar refractivity (Wildman–Crippen MR) is 32.6 cm³/mol. The van der Waals surface area contributed by atoms with Crippen LogP contribution in [0.25, 0.3) is 0 Å². The van der Waals surface area contributed by atoms with Gasteiger partial charge in [-0.05, 0) is 0 Å². The molecule has 3 heteroatoms. The number of aromatic nitrogens is 1. The second kappa shape index (κ2) is 1.69. The van der Waals surface area contributed by atoms with Crippen molar-refractivity contribution >= 4 is 5.82 Å². The Hall–Kier alpha value is -1.25. The summed E-state index contributed by atoms with van der Waals surface area (Å²) in [4.78, 5) is 13.0. The molecule has 0 fully saturated rings. The first-order chi connectivity index (χ1) is 3.79. The van der Waals surface area contributed by atoms with Gasteiger partial charge >= 0.3 is 1.43 Å². The first kappa shape index (κ1) is 4.90. The highest BCUT2D eigenvalue weighted by Gasteiger charge is 1.80. The molecule has 0 aliphatic heterocycles. The van der Waals surface area contributed by atoms with E-state index in [-0.39, 0.29) is 6.86 Å². The maximum Gasteiger partial charge on any atom is 1.00 e. The van der Waals surface area contributed by atoms with E-state index in [1.165, 1.54) is 18.3 Å². The third kappa shape index (κ3) is 0.872. The van der Waals surface area contributed by atoms with Crippen molar-refractivity contribution < 1.29 is 1.43 Å². The van der Waals surface area contributed by atoms with Gasteiger partial charge in [0.1, 0.15) is 5.82 Å². The smallest absolute Gasteiger partial charge is 0.385 e. The van der Waals surface area contributed by atoms with Crippen LogP contribution in [-0.2, 0) is 0 Å². The standard InChI is InChI=1S/C5H6N2O/c6-5-3-4(8)1-2-7-5/h1-3H,(H3,6,7,8)/p+1. The van der Waals surface area contributed by atoms with Gasteiger partial charge in [0.2, 0.25) is 0 Å². The van der Waals surface area contributed by atoms with Crippen LogP contribution < -0.4 is 11.2 Å². The van der Waals surface area contributed by atoms with Crippen molar-refractivity contribution in [1.82, 2.24) is 4.98 Å². The molecule has 8 heavy (non-hydrogen) atoms. The van der Waals surface area contributed by atoms with Gasteiger partial charge in [0.25, 0.3) is 0 Å². The first-order valence-electron chi connectivity index (χ1n) is 2.23. The third-order valence-electron chi connectivity index (χ3n) is 0.795. The molecule has 1 aromatic heterocycles. The number of nitrogen functional groups attached to an aromatic ring is 1. The van der Waals surface area contributed by atoms with Crippen molar-refractivity contribution in [2.45, 2.75) is 0 Å². The van der Waals surface area contributed by atoms with Gasteiger partial charge in [0.15, 0.2) is 5.43 Å². The van der Waals surface area contributed by atoms with Gasteiger partial charge in [0.05, 0.1) is 0 Å². The fourth-order valence-electron chi connectivity index (χ4n) is 0.463. The lowest BCUT2D eigenvalue weighted by molar-refractivity contribution is 1.31. The van der Waals surface area contributed by atoms with Crippen molar-refractivity contribution in [2.24, 2.45) is 0 Å². The summed E-state index contributed by atoms with van der Waals surface area (Å²) in [6.07, 6.45) is 1.51. The van der Waals surface area contributed by atoms with Gasteiger partial charge in [-0.3, -0.25) is 4.79 Å². The second-order valence-corrected chi connectivity index (χ2v) is 1.48. The minimum Gasteiger partial charge on any atom is -0.385 e. The van der Waals surface area contributed by atoms with E-state index in [0.29, 0.717) is 5.82 Å². The van der Waals surface area contributed by atoms with Crippen molar-refractivity contribution in [3.8, 4) is 0 Å². The van der Waals surface area contributed by atoms with Crippen LogP contribution >= 0.6 is 0 Å². The second-order valence-electron chi connectivity index (χ2n) is 1.48. The Morgan fingerprint density at radius 3 is 2.88 bits per heavy atom. The van der Waals surface area contributed by atoms with E-state index >= 15 is 0 Å². The number of hydrogen-bond donors (Lipinski definition) is 2. The van der Waals surface area contributed by atoms with Crippen LogP contribution in [0.2, 0.25) is 0 Å². The van der Waals surface area contributed by atoms with Gasteiger partial charge in [-0.15, -0.1) is 0 Å². The molecule has 1 aromatic rings. The molecule has 0 atom stereocenters.